The minimum atomic E-state index is -4.20. The van der Waals surface area contributed by atoms with Gasteiger partial charge in [-0.2, -0.15) is 0 Å². The molecule has 0 aliphatic rings. The van der Waals surface area contributed by atoms with Crippen LogP contribution in [0.15, 0.2) is 52.3 Å². The Kier molecular flexibility index (Phi) is 7.28. The lowest BCUT2D eigenvalue weighted by Crippen LogP contribution is -2.29. The lowest BCUT2D eigenvalue weighted by atomic mass is 10.1. The lowest BCUT2D eigenvalue weighted by molar-refractivity contribution is 0.0583. The van der Waals surface area contributed by atoms with Crippen LogP contribution in [0.1, 0.15) is 39.2 Å². The molecule has 1 N–H and O–H groups in total. The monoisotopic (exact) mass is 439 g/mol. The number of carbonyl (C=O) groups excluding carboxylic acids is 2. The fourth-order valence-corrected chi connectivity index (χ4v) is 4.55. The summed E-state index contributed by atoms with van der Waals surface area (Å²) in [6, 6.07) is 9.50. The molecule has 2 aromatic carbocycles. The van der Waals surface area contributed by atoms with Gasteiger partial charge in [0.2, 0.25) is 10.0 Å². The molecule has 0 heterocycles. The van der Waals surface area contributed by atoms with Crippen LogP contribution in [0.3, 0.4) is 0 Å². The van der Waals surface area contributed by atoms with Gasteiger partial charge in [0.1, 0.15) is 0 Å². The molecule has 0 saturated heterocycles. The number of esters is 2. The van der Waals surface area contributed by atoms with Crippen LogP contribution in [-0.2, 0) is 30.3 Å². The van der Waals surface area contributed by atoms with Crippen LogP contribution in [0, 0.1) is 0 Å². The quantitative estimate of drug-likeness (QED) is 0.656. The lowest BCUT2D eigenvalue weighted by Gasteiger charge is -2.17. The highest BCUT2D eigenvalue weighted by Crippen LogP contribution is 2.23. The Labute approximate surface area is 171 Å². The van der Waals surface area contributed by atoms with Crippen molar-refractivity contribution in [3.05, 3.63) is 59.2 Å². The van der Waals surface area contributed by atoms with E-state index < -0.39 is 43.7 Å². The van der Waals surface area contributed by atoms with Gasteiger partial charge in [0.15, 0.2) is 0 Å². The third-order valence-corrected chi connectivity index (χ3v) is 6.66. The van der Waals surface area contributed by atoms with E-state index in [9.17, 15) is 22.2 Å². The maximum atomic E-state index is 13.0. The fourth-order valence-electron chi connectivity index (χ4n) is 2.58. The van der Waals surface area contributed by atoms with Gasteiger partial charge in [-0.1, -0.05) is 12.1 Å². The first-order chi connectivity index (χ1) is 13.6. The number of sulfonamides is 1. The first-order valence-corrected chi connectivity index (χ1v) is 11.4. The van der Waals surface area contributed by atoms with E-state index in [0.29, 0.717) is 10.5 Å². The van der Waals surface area contributed by atoms with Crippen molar-refractivity contribution in [2.75, 3.05) is 20.5 Å². The molecule has 0 radical (unpaired) electrons. The molecule has 2 rings (SSSR count). The highest BCUT2D eigenvalue weighted by Gasteiger charge is 2.27. The molecule has 2 atom stereocenters. The van der Waals surface area contributed by atoms with Crippen molar-refractivity contribution in [2.24, 2.45) is 0 Å². The van der Waals surface area contributed by atoms with E-state index in [4.69, 9.17) is 0 Å². The van der Waals surface area contributed by atoms with Gasteiger partial charge in [-0.05, 0) is 42.8 Å². The molecule has 0 bridgehead atoms. The van der Waals surface area contributed by atoms with Gasteiger partial charge in [0, 0.05) is 28.0 Å². The second-order valence-electron chi connectivity index (χ2n) is 6.06. The molecule has 0 amide bonds. The number of carbonyl (C=O) groups is 2. The van der Waals surface area contributed by atoms with Gasteiger partial charge in [0.25, 0.3) is 0 Å². The van der Waals surface area contributed by atoms with Crippen LogP contribution in [0.5, 0.6) is 0 Å². The van der Waals surface area contributed by atoms with E-state index in [0.717, 1.165) is 20.3 Å². The predicted molar refractivity (Wildman–Crippen MR) is 107 cm³/mol. The smallest absolute Gasteiger partial charge is 0.339 e. The van der Waals surface area contributed by atoms with Gasteiger partial charge >= 0.3 is 11.9 Å². The SMILES string of the molecule is COC(=O)c1ccc(C(=O)OC)c(S(=O)(=O)N[C@@H](C)c2ccc([S@@](C)=O)cc2)c1. The summed E-state index contributed by atoms with van der Waals surface area (Å²) < 4.78 is 49.2. The van der Waals surface area contributed by atoms with E-state index in [1.165, 1.54) is 12.1 Å². The van der Waals surface area contributed by atoms with Crippen molar-refractivity contribution < 1.29 is 31.7 Å². The van der Waals surface area contributed by atoms with Crippen molar-refractivity contribution >= 4 is 32.8 Å². The minimum Gasteiger partial charge on any atom is -0.465 e. The molecule has 29 heavy (non-hydrogen) atoms. The number of hydrogen-bond donors (Lipinski definition) is 1. The van der Waals surface area contributed by atoms with Crippen LogP contribution < -0.4 is 4.72 Å². The Morgan fingerprint density at radius 3 is 2.10 bits per heavy atom. The van der Waals surface area contributed by atoms with Crippen LogP contribution in [-0.4, -0.2) is 45.0 Å². The third-order valence-electron chi connectivity index (χ3n) is 4.14. The summed E-state index contributed by atoms with van der Waals surface area (Å²) >= 11 is 0. The Balaban J connectivity index is 2.43. The van der Waals surface area contributed by atoms with Gasteiger partial charge in [0.05, 0.1) is 30.2 Å². The highest BCUT2D eigenvalue weighted by molar-refractivity contribution is 7.89. The summed E-state index contributed by atoms with van der Waals surface area (Å²) in [6.07, 6.45) is 1.55. The third kappa shape index (κ3) is 5.28. The zero-order valence-electron chi connectivity index (χ0n) is 16.3. The molecule has 2 aromatic rings. The molecule has 0 fully saturated rings. The molecule has 8 nitrogen and oxygen atoms in total. The van der Waals surface area contributed by atoms with Crippen molar-refractivity contribution in [1.82, 2.24) is 4.72 Å². The summed E-state index contributed by atoms with van der Waals surface area (Å²) in [6.45, 7) is 1.62. The number of ether oxygens (including phenoxy) is 2. The predicted octanol–water partition coefficient (Wildman–Crippen LogP) is 2.04. The van der Waals surface area contributed by atoms with E-state index in [1.807, 2.05) is 0 Å². The Bertz CT molecular complexity index is 1050. The molecule has 0 spiro atoms. The second-order valence-corrected chi connectivity index (χ2v) is 9.12. The summed E-state index contributed by atoms with van der Waals surface area (Å²) in [5.74, 6) is -1.60. The average Bonchev–Trinajstić information content (AvgIpc) is 2.71. The first-order valence-electron chi connectivity index (χ1n) is 8.37. The molecule has 156 valence electrons. The van der Waals surface area contributed by atoms with Crippen molar-refractivity contribution in [1.29, 1.82) is 0 Å². The molecule has 0 aliphatic carbocycles. The fraction of sp³-hybridized carbons (Fsp3) is 0.263. The van der Waals surface area contributed by atoms with Crippen LogP contribution >= 0.6 is 0 Å². The van der Waals surface area contributed by atoms with E-state index in [2.05, 4.69) is 14.2 Å². The zero-order valence-corrected chi connectivity index (χ0v) is 17.9. The van der Waals surface area contributed by atoms with Gasteiger partial charge in [-0.3, -0.25) is 4.21 Å². The number of methoxy groups -OCH3 is 2. The Hall–Kier alpha value is -2.56. The topological polar surface area (TPSA) is 116 Å². The van der Waals surface area contributed by atoms with Gasteiger partial charge < -0.3 is 9.47 Å². The minimum absolute atomic E-state index is 0.0250. The molecular weight excluding hydrogens is 418 g/mol. The van der Waals surface area contributed by atoms with Crippen molar-refractivity contribution in [3.8, 4) is 0 Å². The molecule has 0 unspecified atom stereocenters. The maximum Gasteiger partial charge on any atom is 0.339 e. The summed E-state index contributed by atoms with van der Waals surface area (Å²) in [4.78, 5) is 24.0. The number of nitrogens with one attached hydrogen (secondary N) is 1. The number of rotatable bonds is 7. The summed E-state index contributed by atoms with van der Waals surface area (Å²) in [5, 5.41) is 0. The second kappa shape index (κ2) is 9.29. The van der Waals surface area contributed by atoms with Crippen LogP contribution in [0.2, 0.25) is 0 Å². The zero-order chi connectivity index (χ0) is 21.8. The Morgan fingerprint density at radius 2 is 1.59 bits per heavy atom. The average molecular weight is 440 g/mol. The van der Waals surface area contributed by atoms with Gasteiger partial charge in [-0.25, -0.2) is 22.7 Å². The number of benzene rings is 2. The van der Waals surface area contributed by atoms with Crippen LogP contribution in [0.25, 0.3) is 0 Å². The standard InChI is InChI=1S/C19H21NO7S2/c1-12(13-5-8-15(9-6-13)28(4)23)20-29(24,25)17-11-14(18(21)26-2)7-10-16(17)19(22)27-3/h5-12,20H,1-4H3/t12-,28+/m0/s1. The Morgan fingerprint density at radius 1 is 1.00 bits per heavy atom. The molecule has 0 saturated carbocycles. The molecule has 0 aromatic heterocycles. The van der Waals surface area contributed by atoms with Crippen LogP contribution in [0.4, 0.5) is 0 Å². The highest BCUT2D eigenvalue weighted by atomic mass is 32.2. The van der Waals surface area contributed by atoms with Crippen molar-refractivity contribution in [2.45, 2.75) is 22.8 Å². The summed E-state index contributed by atoms with van der Waals surface area (Å²) in [7, 11) is -3.06. The van der Waals surface area contributed by atoms with Gasteiger partial charge in [-0.15, -0.1) is 0 Å². The molecule has 10 heteroatoms. The molecular formula is C19H21NO7S2. The molecule has 0 aliphatic heterocycles. The van der Waals surface area contributed by atoms with Crippen molar-refractivity contribution in [3.63, 3.8) is 0 Å². The van der Waals surface area contributed by atoms with E-state index in [1.54, 1.807) is 37.4 Å². The van der Waals surface area contributed by atoms with E-state index >= 15 is 0 Å². The summed E-state index contributed by atoms with van der Waals surface area (Å²) in [5.41, 5.74) is 0.394. The van der Waals surface area contributed by atoms with E-state index in [-0.39, 0.29) is 11.1 Å². The number of hydrogen-bond acceptors (Lipinski definition) is 7. The largest absolute Gasteiger partial charge is 0.465 e. The first kappa shape index (κ1) is 22.7. The normalized spacial score (nSPS) is 13.4. The maximum absolute atomic E-state index is 13.0.